The molecule has 0 saturated carbocycles. The van der Waals surface area contributed by atoms with Crippen LogP contribution >= 0.6 is 0 Å². The van der Waals surface area contributed by atoms with Crippen molar-refractivity contribution in [3.05, 3.63) is 57.0 Å². The van der Waals surface area contributed by atoms with Crippen LogP contribution in [0.2, 0.25) is 0 Å². The van der Waals surface area contributed by atoms with E-state index < -0.39 is 0 Å². The van der Waals surface area contributed by atoms with Gasteiger partial charge in [-0.2, -0.15) is 0 Å². The molecule has 1 heterocycles. The summed E-state index contributed by atoms with van der Waals surface area (Å²) in [6.45, 7) is 0. The van der Waals surface area contributed by atoms with Crippen molar-refractivity contribution >= 4 is 0 Å². The van der Waals surface area contributed by atoms with Crippen LogP contribution in [0.15, 0.2) is 29.1 Å². The number of hydrogen-bond donors (Lipinski definition) is 1. The summed E-state index contributed by atoms with van der Waals surface area (Å²) in [4.78, 5) is 15.4. The van der Waals surface area contributed by atoms with Gasteiger partial charge in [-0.15, -0.1) is 0 Å². The smallest absolute Gasteiger partial charge is 0.251 e. The van der Waals surface area contributed by atoms with E-state index >= 15 is 0 Å². The highest BCUT2D eigenvalue weighted by atomic mass is 16.1. The van der Waals surface area contributed by atoms with Crippen molar-refractivity contribution in [1.29, 1.82) is 0 Å². The Morgan fingerprint density at radius 2 is 1.74 bits per heavy atom. The Labute approximate surface area is 112 Å². The summed E-state index contributed by atoms with van der Waals surface area (Å²) in [6, 6.07) is 8.57. The number of rotatable bonds is 0. The van der Waals surface area contributed by atoms with Crippen LogP contribution in [0.25, 0.3) is 11.1 Å². The van der Waals surface area contributed by atoms with E-state index in [1.807, 2.05) is 0 Å². The van der Waals surface area contributed by atoms with Gasteiger partial charge < -0.3 is 4.98 Å². The van der Waals surface area contributed by atoms with Crippen LogP contribution in [-0.4, -0.2) is 4.98 Å². The molecule has 0 radical (unpaired) electrons. The Balaban J connectivity index is 2.08. The third-order valence-corrected chi connectivity index (χ3v) is 4.54. The molecular formula is C17H17NO. The minimum absolute atomic E-state index is 0.144. The Morgan fingerprint density at radius 1 is 0.895 bits per heavy atom. The highest BCUT2D eigenvalue weighted by molar-refractivity contribution is 5.76. The van der Waals surface area contributed by atoms with Crippen molar-refractivity contribution in [2.24, 2.45) is 0 Å². The molecule has 2 nitrogen and oxygen atoms in total. The standard InChI is InChI=1S/C17H17NO/c19-17-14-10-9-11-5-1-2-6-12(11)16(14)13-7-3-4-8-15(13)18-17/h1-2,5-6H,3-4,7-10H2,(H,18,19). The molecule has 96 valence electrons. The summed E-state index contributed by atoms with van der Waals surface area (Å²) in [5.41, 5.74) is 7.71. The average Bonchev–Trinajstić information content (AvgIpc) is 2.47. The number of aryl methyl sites for hydroxylation is 2. The average molecular weight is 251 g/mol. The summed E-state index contributed by atoms with van der Waals surface area (Å²) in [7, 11) is 0. The highest BCUT2D eigenvalue weighted by Gasteiger charge is 2.25. The lowest BCUT2D eigenvalue weighted by atomic mass is 9.80. The SMILES string of the molecule is O=c1[nH]c2c(c3c1CCc1ccccc1-3)CCCC2. The van der Waals surface area contributed by atoms with Gasteiger partial charge in [0.1, 0.15) is 0 Å². The summed E-state index contributed by atoms with van der Waals surface area (Å²) in [6.07, 6.45) is 6.46. The topological polar surface area (TPSA) is 32.9 Å². The molecule has 0 amide bonds. The fourth-order valence-electron chi connectivity index (χ4n) is 3.63. The fourth-order valence-corrected chi connectivity index (χ4v) is 3.63. The second kappa shape index (κ2) is 4.09. The molecule has 1 aromatic heterocycles. The first kappa shape index (κ1) is 11.0. The summed E-state index contributed by atoms with van der Waals surface area (Å²) in [5.74, 6) is 0. The molecular weight excluding hydrogens is 234 g/mol. The molecule has 4 rings (SSSR count). The van der Waals surface area contributed by atoms with Gasteiger partial charge in [0.05, 0.1) is 0 Å². The molecule has 2 aliphatic carbocycles. The van der Waals surface area contributed by atoms with Gasteiger partial charge >= 0.3 is 0 Å². The van der Waals surface area contributed by atoms with Crippen molar-refractivity contribution in [1.82, 2.24) is 4.98 Å². The van der Waals surface area contributed by atoms with Gasteiger partial charge in [0.15, 0.2) is 0 Å². The molecule has 2 aromatic rings. The predicted octanol–water partition coefficient (Wildman–Crippen LogP) is 3.02. The molecule has 2 aliphatic rings. The zero-order valence-electron chi connectivity index (χ0n) is 11.0. The number of pyridine rings is 1. The van der Waals surface area contributed by atoms with Crippen LogP contribution in [0.4, 0.5) is 0 Å². The number of aromatic amines is 1. The first-order valence-corrected chi connectivity index (χ1v) is 7.20. The Morgan fingerprint density at radius 3 is 2.68 bits per heavy atom. The largest absolute Gasteiger partial charge is 0.326 e. The second-order valence-corrected chi connectivity index (χ2v) is 5.63. The van der Waals surface area contributed by atoms with Crippen molar-refractivity contribution in [2.75, 3.05) is 0 Å². The molecule has 0 fully saturated rings. The van der Waals surface area contributed by atoms with Gasteiger partial charge in [-0.25, -0.2) is 0 Å². The Hall–Kier alpha value is -1.83. The fraction of sp³-hybridized carbons (Fsp3) is 0.353. The van der Waals surface area contributed by atoms with E-state index in [1.54, 1.807) is 0 Å². The number of nitrogens with one attached hydrogen (secondary N) is 1. The van der Waals surface area contributed by atoms with Crippen LogP contribution in [0.3, 0.4) is 0 Å². The second-order valence-electron chi connectivity index (χ2n) is 5.63. The molecule has 0 unspecified atom stereocenters. The maximum Gasteiger partial charge on any atom is 0.251 e. The lowest BCUT2D eigenvalue weighted by Crippen LogP contribution is -2.24. The van der Waals surface area contributed by atoms with Gasteiger partial charge in [0.25, 0.3) is 5.56 Å². The lowest BCUT2D eigenvalue weighted by Gasteiger charge is -2.26. The molecule has 0 saturated heterocycles. The number of aromatic nitrogens is 1. The van der Waals surface area contributed by atoms with Gasteiger partial charge in [-0.05, 0) is 60.8 Å². The molecule has 2 heteroatoms. The number of fused-ring (bicyclic) bond motifs is 5. The minimum atomic E-state index is 0.144. The molecule has 0 aliphatic heterocycles. The van der Waals surface area contributed by atoms with E-state index in [0.717, 1.165) is 31.2 Å². The minimum Gasteiger partial charge on any atom is -0.326 e. The molecule has 0 bridgehead atoms. The van der Waals surface area contributed by atoms with Crippen LogP contribution in [0.1, 0.15) is 35.2 Å². The van der Waals surface area contributed by atoms with Crippen LogP contribution in [0, 0.1) is 0 Å². The van der Waals surface area contributed by atoms with E-state index in [9.17, 15) is 4.79 Å². The third kappa shape index (κ3) is 1.59. The molecule has 1 N–H and O–H groups in total. The monoisotopic (exact) mass is 251 g/mol. The normalized spacial score (nSPS) is 16.4. The van der Waals surface area contributed by atoms with E-state index in [2.05, 4.69) is 29.2 Å². The van der Waals surface area contributed by atoms with E-state index in [-0.39, 0.29) is 5.56 Å². The molecule has 19 heavy (non-hydrogen) atoms. The lowest BCUT2D eigenvalue weighted by molar-refractivity contribution is 0.662. The maximum absolute atomic E-state index is 12.3. The number of hydrogen-bond acceptors (Lipinski definition) is 1. The van der Waals surface area contributed by atoms with Gasteiger partial charge in [-0.1, -0.05) is 24.3 Å². The predicted molar refractivity (Wildman–Crippen MR) is 76.5 cm³/mol. The van der Waals surface area contributed by atoms with Gasteiger partial charge in [-0.3, -0.25) is 4.79 Å². The molecule has 0 atom stereocenters. The van der Waals surface area contributed by atoms with E-state index in [1.165, 1.54) is 40.8 Å². The zero-order chi connectivity index (χ0) is 12.8. The van der Waals surface area contributed by atoms with Crippen molar-refractivity contribution in [2.45, 2.75) is 38.5 Å². The Bertz CT molecular complexity index is 712. The molecule has 1 aromatic carbocycles. The highest BCUT2D eigenvalue weighted by Crippen LogP contribution is 2.37. The van der Waals surface area contributed by atoms with E-state index in [0.29, 0.717) is 0 Å². The van der Waals surface area contributed by atoms with Crippen molar-refractivity contribution in [3.63, 3.8) is 0 Å². The quantitative estimate of drug-likeness (QED) is 0.767. The van der Waals surface area contributed by atoms with Crippen LogP contribution in [-0.2, 0) is 25.7 Å². The van der Waals surface area contributed by atoms with Crippen molar-refractivity contribution in [3.8, 4) is 11.1 Å². The number of benzene rings is 1. The van der Waals surface area contributed by atoms with Gasteiger partial charge in [0, 0.05) is 11.3 Å². The van der Waals surface area contributed by atoms with Crippen LogP contribution < -0.4 is 5.56 Å². The zero-order valence-corrected chi connectivity index (χ0v) is 11.0. The molecule has 0 spiro atoms. The number of H-pyrrole nitrogens is 1. The summed E-state index contributed by atoms with van der Waals surface area (Å²) >= 11 is 0. The van der Waals surface area contributed by atoms with Gasteiger partial charge in [0.2, 0.25) is 0 Å². The first-order chi connectivity index (χ1) is 9.34. The summed E-state index contributed by atoms with van der Waals surface area (Å²) in [5, 5.41) is 0. The summed E-state index contributed by atoms with van der Waals surface area (Å²) < 4.78 is 0. The maximum atomic E-state index is 12.3. The third-order valence-electron chi connectivity index (χ3n) is 4.54. The van der Waals surface area contributed by atoms with Crippen molar-refractivity contribution < 1.29 is 0 Å². The van der Waals surface area contributed by atoms with E-state index in [4.69, 9.17) is 0 Å². The first-order valence-electron chi connectivity index (χ1n) is 7.20. The Kier molecular flexibility index (Phi) is 2.37. The van der Waals surface area contributed by atoms with Crippen LogP contribution in [0.5, 0.6) is 0 Å².